The Kier molecular flexibility index (Phi) is 6.38. The molecule has 12 heavy (non-hydrogen) atoms. The average Bonchev–Trinajstić information content (AvgIpc) is 2.01. The summed E-state index contributed by atoms with van der Waals surface area (Å²) in [5, 5.41) is 9.23. The summed E-state index contributed by atoms with van der Waals surface area (Å²) in [5.41, 5.74) is 0. The van der Waals surface area contributed by atoms with Crippen molar-refractivity contribution in [1.29, 1.82) is 0 Å². The summed E-state index contributed by atoms with van der Waals surface area (Å²) in [6.45, 7) is 5.63. The van der Waals surface area contributed by atoms with Crippen LogP contribution in [-0.4, -0.2) is 23.8 Å². The molecule has 0 aromatic heterocycles. The zero-order valence-corrected chi connectivity index (χ0v) is 7.45. The quantitative estimate of drug-likeness (QED) is 0.484. The van der Waals surface area contributed by atoms with E-state index in [1.54, 1.807) is 13.0 Å². The highest BCUT2D eigenvalue weighted by Gasteiger charge is 2.09. The second-order valence-corrected chi connectivity index (χ2v) is 2.53. The van der Waals surface area contributed by atoms with Gasteiger partial charge in [0, 0.05) is 0 Å². The highest BCUT2D eigenvalue weighted by molar-refractivity contribution is 5.69. The van der Waals surface area contributed by atoms with Gasteiger partial charge >= 0.3 is 5.97 Å². The summed E-state index contributed by atoms with van der Waals surface area (Å²) in [6, 6.07) is 0. The largest absolute Gasteiger partial charge is 0.466 e. The zero-order chi connectivity index (χ0) is 9.40. The summed E-state index contributed by atoms with van der Waals surface area (Å²) in [6.07, 6.45) is 2.50. The number of aliphatic hydroxyl groups is 1. The van der Waals surface area contributed by atoms with Crippen LogP contribution in [0.25, 0.3) is 0 Å². The minimum atomic E-state index is -0.595. The van der Waals surface area contributed by atoms with Crippen LogP contribution in [0.5, 0.6) is 0 Å². The molecule has 70 valence electrons. The Morgan fingerprint density at radius 3 is 2.92 bits per heavy atom. The number of hydrogen-bond donors (Lipinski definition) is 1. The minimum Gasteiger partial charge on any atom is -0.466 e. The second kappa shape index (κ2) is 6.85. The van der Waals surface area contributed by atoms with Gasteiger partial charge in [-0.05, 0) is 19.8 Å². The molecule has 0 aromatic rings. The van der Waals surface area contributed by atoms with E-state index in [1.807, 2.05) is 0 Å². The van der Waals surface area contributed by atoms with Gasteiger partial charge in [-0.15, -0.1) is 6.58 Å². The number of hydrogen-bond acceptors (Lipinski definition) is 3. The van der Waals surface area contributed by atoms with Gasteiger partial charge in [0.15, 0.2) is 0 Å². The predicted molar refractivity (Wildman–Crippen MR) is 46.7 cm³/mol. The number of carbonyl (C=O) groups is 1. The molecule has 1 unspecified atom stereocenters. The summed E-state index contributed by atoms with van der Waals surface area (Å²) in [4.78, 5) is 10.8. The molecule has 0 aliphatic rings. The Morgan fingerprint density at radius 1 is 1.75 bits per heavy atom. The van der Waals surface area contributed by atoms with Gasteiger partial charge in [0.2, 0.25) is 0 Å². The van der Waals surface area contributed by atoms with Crippen LogP contribution in [0.4, 0.5) is 0 Å². The van der Waals surface area contributed by atoms with E-state index in [4.69, 9.17) is 0 Å². The first-order valence-corrected chi connectivity index (χ1v) is 4.15. The van der Waals surface area contributed by atoms with Crippen molar-refractivity contribution >= 4 is 5.97 Å². The third-order valence-corrected chi connectivity index (χ3v) is 1.41. The summed E-state index contributed by atoms with van der Waals surface area (Å²) in [5.74, 6) is -0.339. The molecule has 3 heteroatoms. The molecular weight excluding hydrogens is 156 g/mol. The van der Waals surface area contributed by atoms with E-state index < -0.39 is 6.10 Å². The van der Waals surface area contributed by atoms with E-state index >= 15 is 0 Å². The molecule has 0 radical (unpaired) electrons. The van der Waals surface area contributed by atoms with Crippen molar-refractivity contribution in [1.82, 2.24) is 0 Å². The van der Waals surface area contributed by atoms with Gasteiger partial charge in [0.05, 0.1) is 19.1 Å². The Bertz CT molecular complexity index is 143. The van der Waals surface area contributed by atoms with Crippen LogP contribution in [0, 0.1) is 0 Å². The molecule has 0 rings (SSSR count). The molecule has 0 spiro atoms. The van der Waals surface area contributed by atoms with Crippen LogP contribution in [0.1, 0.15) is 26.2 Å². The summed E-state index contributed by atoms with van der Waals surface area (Å²) in [7, 11) is 0. The maximum atomic E-state index is 10.8. The fraction of sp³-hybridized carbons (Fsp3) is 0.667. The van der Waals surface area contributed by atoms with Crippen molar-refractivity contribution in [3.63, 3.8) is 0 Å². The number of rotatable bonds is 6. The predicted octanol–water partition coefficient (Wildman–Crippen LogP) is 1.27. The second-order valence-electron chi connectivity index (χ2n) is 2.53. The lowest BCUT2D eigenvalue weighted by atomic mass is 10.1. The summed E-state index contributed by atoms with van der Waals surface area (Å²) >= 11 is 0. The first-order valence-electron chi connectivity index (χ1n) is 4.15. The zero-order valence-electron chi connectivity index (χ0n) is 7.45. The SMILES string of the molecule is C=CCCC(O)CC(=O)OCC. The van der Waals surface area contributed by atoms with Crippen molar-refractivity contribution in [2.75, 3.05) is 6.61 Å². The van der Waals surface area contributed by atoms with Crippen LogP contribution in [0.15, 0.2) is 12.7 Å². The number of esters is 1. The van der Waals surface area contributed by atoms with Crippen LogP contribution < -0.4 is 0 Å². The first-order chi connectivity index (χ1) is 5.70. The van der Waals surface area contributed by atoms with Crippen molar-refractivity contribution in [3.05, 3.63) is 12.7 Å². The van der Waals surface area contributed by atoms with Crippen molar-refractivity contribution in [2.24, 2.45) is 0 Å². The lowest BCUT2D eigenvalue weighted by Gasteiger charge is -2.07. The van der Waals surface area contributed by atoms with Gasteiger partial charge in [-0.25, -0.2) is 0 Å². The Hall–Kier alpha value is -0.830. The van der Waals surface area contributed by atoms with Gasteiger partial charge < -0.3 is 9.84 Å². The maximum Gasteiger partial charge on any atom is 0.308 e. The number of carbonyl (C=O) groups excluding carboxylic acids is 1. The summed E-state index contributed by atoms with van der Waals surface area (Å²) < 4.78 is 4.67. The molecule has 0 aliphatic heterocycles. The van der Waals surface area contributed by atoms with Gasteiger partial charge in [-0.3, -0.25) is 4.79 Å². The van der Waals surface area contributed by atoms with E-state index in [1.165, 1.54) is 0 Å². The first kappa shape index (κ1) is 11.2. The molecule has 1 atom stereocenters. The van der Waals surface area contributed by atoms with Crippen LogP contribution in [0.2, 0.25) is 0 Å². The normalized spacial score (nSPS) is 12.2. The fourth-order valence-electron chi connectivity index (χ4n) is 0.825. The van der Waals surface area contributed by atoms with Crippen LogP contribution in [0.3, 0.4) is 0 Å². The average molecular weight is 172 g/mol. The van der Waals surface area contributed by atoms with Gasteiger partial charge in [0.1, 0.15) is 0 Å². The number of allylic oxidation sites excluding steroid dienone is 1. The van der Waals surface area contributed by atoms with Gasteiger partial charge in [0.25, 0.3) is 0 Å². The monoisotopic (exact) mass is 172 g/mol. The molecule has 0 fully saturated rings. The van der Waals surface area contributed by atoms with E-state index in [0.29, 0.717) is 13.0 Å². The number of aliphatic hydroxyl groups excluding tert-OH is 1. The smallest absolute Gasteiger partial charge is 0.308 e. The highest BCUT2D eigenvalue weighted by atomic mass is 16.5. The lowest BCUT2D eigenvalue weighted by Crippen LogP contribution is -2.15. The Labute approximate surface area is 73.0 Å². The van der Waals surface area contributed by atoms with E-state index in [-0.39, 0.29) is 12.4 Å². The highest BCUT2D eigenvalue weighted by Crippen LogP contribution is 2.03. The van der Waals surface area contributed by atoms with Crippen LogP contribution in [-0.2, 0) is 9.53 Å². The minimum absolute atomic E-state index is 0.0850. The lowest BCUT2D eigenvalue weighted by molar-refractivity contribution is -0.145. The Balaban J connectivity index is 3.46. The van der Waals surface area contributed by atoms with E-state index in [2.05, 4.69) is 11.3 Å². The topological polar surface area (TPSA) is 46.5 Å². The number of ether oxygens (including phenoxy) is 1. The molecule has 0 saturated carbocycles. The molecule has 0 saturated heterocycles. The van der Waals surface area contributed by atoms with Crippen molar-refractivity contribution < 1.29 is 14.6 Å². The van der Waals surface area contributed by atoms with Gasteiger partial charge in [-0.2, -0.15) is 0 Å². The molecule has 0 aliphatic carbocycles. The fourth-order valence-corrected chi connectivity index (χ4v) is 0.825. The molecule has 3 nitrogen and oxygen atoms in total. The van der Waals surface area contributed by atoms with E-state index in [0.717, 1.165) is 6.42 Å². The molecule has 0 bridgehead atoms. The third-order valence-electron chi connectivity index (χ3n) is 1.41. The van der Waals surface area contributed by atoms with Crippen molar-refractivity contribution in [2.45, 2.75) is 32.3 Å². The molecule has 0 heterocycles. The van der Waals surface area contributed by atoms with Crippen molar-refractivity contribution in [3.8, 4) is 0 Å². The molecule has 0 aromatic carbocycles. The Morgan fingerprint density at radius 2 is 2.42 bits per heavy atom. The molecule has 1 N–H and O–H groups in total. The van der Waals surface area contributed by atoms with Gasteiger partial charge in [-0.1, -0.05) is 6.08 Å². The molecular formula is C9H16O3. The van der Waals surface area contributed by atoms with E-state index in [9.17, 15) is 9.90 Å². The maximum absolute atomic E-state index is 10.8. The third kappa shape index (κ3) is 5.92. The standard InChI is InChI=1S/C9H16O3/c1-3-5-6-8(10)7-9(11)12-4-2/h3,8,10H,1,4-7H2,2H3. The van der Waals surface area contributed by atoms with Crippen LogP contribution >= 0.6 is 0 Å². The molecule has 0 amide bonds.